The molecule has 8 heteroatoms. The van der Waals surface area contributed by atoms with Crippen molar-refractivity contribution in [1.29, 1.82) is 0 Å². The van der Waals surface area contributed by atoms with Gasteiger partial charge in [0.1, 0.15) is 5.82 Å². The highest BCUT2D eigenvalue weighted by Crippen LogP contribution is 2.38. The Morgan fingerprint density at radius 1 is 1.43 bits per heavy atom. The highest BCUT2D eigenvalue weighted by molar-refractivity contribution is 5.92. The fourth-order valence-corrected chi connectivity index (χ4v) is 2.77. The second-order valence-corrected chi connectivity index (χ2v) is 5.77. The SMILES string of the molecule is Cn1cc(C(NC(=O)c2ncc(F)cc2F)C2CC(O)C2)cn1. The first-order chi connectivity index (χ1) is 10.9. The lowest BCUT2D eigenvalue weighted by atomic mass is 9.75. The number of aliphatic hydroxyl groups excluding tert-OH is 1. The van der Waals surface area contributed by atoms with Crippen LogP contribution in [0.4, 0.5) is 8.78 Å². The molecular weight excluding hydrogens is 306 g/mol. The maximum absolute atomic E-state index is 13.7. The number of carbonyl (C=O) groups excluding carboxylic acids is 1. The monoisotopic (exact) mass is 322 g/mol. The van der Waals surface area contributed by atoms with E-state index in [1.54, 1.807) is 24.1 Å². The molecule has 3 rings (SSSR count). The molecule has 1 atom stereocenters. The van der Waals surface area contributed by atoms with E-state index in [0.717, 1.165) is 11.8 Å². The van der Waals surface area contributed by atoms with E-state index in [1.165, 1.54) is 0 Å². The van der Waals surface area contributed by atoms with Crippen LogP contribution in [0, 0.1) is 17.6 Å². The van der Waals surface area contributed by atoms with Crippen LogP contribution in [0.25, 0.3) is 0 Å². The van der Waals surface area contributed by atoms with Crippen LogP contribution in [0.2, 0.25) is 0 Å². The molecule has 1 fully saturated rings. The number of hydrogen-bond acceptors (Lipinski definition) is 4. The molecule has 2 N–H and O–H groups in total. The van der Waals surface area contributed by atoms with Gasteiger partial charge in [0.25, 0.3) is 5.91 Å². The summed E-state index contributed by atoms with van der Waals surface area (Å²) in [5.74, 6) is -2.55. The number of hydrogen-bond donors (Lipinski definition) is 2. The zero-order valence-corrected chi connectivity index (χ0v) is 12.4. The van der Waals surface area contributed by atoms with Crippen LogP contribution in [0.1, 0.15) is 34.9 Å². The average molecular weight is 322 g/mol. The van der Waals surface area contributed by atoms with E-state index in [2.05, 4.69) is 15.4 Å². The fourth-order valence-electron chi connectivity index (χ4n) is 2.77. The van der Waals surface area contributed by atoms with Crippen LogP contribution < -0.4 is 5.32 Å². The molecule has 0 saturated heterocycles. The normalized spacial score (nSPS) is 21.6. The van der Waals surface area contributed by atoms with Gasteiger partial charge in [-0.2, -0.15) is 5.10 Å². The summed E-state index contributed by atoms with van der Waals surface area (Å²) < 4.78 is 28.2. The Balaban J connectivity index is 1.81. The van der Waals surface area contributed by atoms with Crippen LogP contribution >= 0.6 is 0 Å². The van der Waals surface area contributed by atoms with Crippen LogP contribution in [-0.4, -0.2) is 31.9 Å². The van der Waals surface area contributed by atoms with Crippen molar-refractivity contribution < 1.29 is 18.7 Å². The maximum atomic E-state index is 13.7. The molecule has 1 amide bonds. The van der Waals surface area contributed by atoms with Gasteiger partial charge in [-0.05, 0) is 18.8 Å². The quantitative estimate of drug-likeness (QED) is 0.890. The van der Waals surface area contributed by atoms with Gasteiger partial charge in [-0.3, -0.25) is 9.48 Å². The summed E-state index contributed by atoms with van der Waals surface area (Å²) in [4.78, 5) is 15.8. The summed E-state index contributed by atoms with van der Waals surface area (Å²) in [7, 11) is 1.75. The second kappa shape index (κ2) is 6.04. The molecule has 2 aromatic heterocycles. The topological polar surface area (TPSA) is 80.0 Å². The number of carbonyl (C=O) groups is 1. The number of amides is 1. The molecule has 0 aromatic carbocycles. The molecule has 0 radical (unpaired) electrons. The minimum atomic E-state index is -1.01. The first kappa shape index (κ1) is 15.5. The molecule has 1 aliphatic rings. The lowest BCUT2D eigenvalue weighted by Crippen LogP contribution is -2.41. The summed E-state index contributed by atoms with van der Waals surface area (Å²) in [5.41, 5.74) is 0.306. The van der Waals surface area contributed by atoms with Gasteiger partial charge in [-0.15, -0.1) is 0 Å². The van der Waals surface area contributed by atoms with Crippen molar-refractivity contribution in [2.45, 2.75) is 25.0 Å². The number of pyridine rings is 1. The van der Waals surface area contributed by atoms with Gasteiger partial charge in [-0.25, -0.2) is 13.8 Å². The summed E-state index contributed by atoms with van der Waals surface area (Å²) >= 11 is 0. The first-order valence-electron chi connectivity index (χ1n) is 7.22. The van der Waals surface area contributed by atoms with E-state index in [0.29, 0.717) is 18.9 Å². The zero-order chi connectivity index (χ0) is 16.6. The standard InChI is InChI=1S/C15H16F2N4O2/c1-21-7-9(5-19-21)13(8-2-11(22)3-8)20-15(23)14-12(17)4-10(16)6-18-14/h4-8,11,13,22H,2-3H2,1H3,(H,20,23). The van der Waals surface area contributed by atoms with Crippen molar-refractivity contribution >= 4 is 5.91 Å². The van der Waals surface area contributed by atoms with Gasteiger partial charge in [0.05, 0.1) is 24.5 Å². The van der Waals surface area contributed by atoms with Gasteiger partial charge >= 0.3 is 0 Å². The molecule has 1 saturated carbocycles. The number of nitrogens with zero attached hydrogens (tertiary/aromatic N) is 3. The lowest BCUT2D eigenvalue weighted by Gasteiger charge is -2.37. The number of nitrogens with one attached hydrogen (secondary N) is 1. The van der Waals surface area contributed by atoms with Gasteiger partial charge in [0, 0.05) is 24.9 Å². The Kier molecular flexibility index (Phi) is 4.08. The van der Waals surface area contributed by atoms with Gasteiger partial charge < -0.3 is 10.4 Å². The molecule has 1 aliphatic carbocycles. The van der Waals surface area contributed by atoms with Crippen LogP contribution in [0.3, 0.4) is 0 Å². The summed E-state index contributed by atoms with van der Waals surface area (Å²) in [6.07, 6.45) is 4.85. The molecule has 0 aliphatic heterocycles. The third kappa shape index (κ3) is 3.21. The van der Waals surface area contributed by atoms with Crippen molar-refractivity contribution in [3.63, 3.8) is 0 Å². The van der Waals surface area contributed by atoms with Crippen molar-refractivity contribution in [3.05, 3.63) is 47.5 Å². The molecular formula is C15H16F2N4O2. The first-order valence-corrected chi connectivity index (χ1v) is 7.22. The minimum Gasteiger partial charge on any atom is -0.393 e. The average Bonchev–Trinajstić information content (AvgIpc) is 2.88. The predicted octanol–water partition coefficient (Wildman–Crippen LogP) is 1.34. The summed E-state index contributed by atoms with van der Waals surface area (Å²) in [6.45, 7) is 0. The van der Waals surface area contributed by atoms with Crippen molar-refractivity contribution in [2.24, 2.45) is 13.0 Å². The number of aliphatic hydroxyl groups is 1. The van der Waals surface area contributed by atoms with E-state index >= 15 is 0 Å². The van der Waals surface area contributed by atoms with E-state index in [-0.39, 0.29) is 5.92 Å². The Morgan fingerprint density at radius 2 is 2.17 bits per heavy atom. The fraction of sp³-hybridized carbons (Fsp3) is 0.400. The third-order valence-corrected chi connectivity index (χ3v) is 4.01. The lowest BCUT2D eigenvalue weighted by molar-refractivity contribution is 0.0234. The Morgan fingerprint density at radius 3 is 2.74 bits per heavy atom. The zero-order valence-electron chi connectivity index (χ0n) is 12.4. The highest BCUT2D eigenvalue weighted by Gasteiger charge is 2.36. The van der Waals surface area contributed by atoms with Crippen molar-refractivity contribution in [3.8, 4) is 0 Å². The summed E-state index contributed by atoms with van der Waals surface area (Å²) in [6, 6.07) is 0.208. The van der Waals surface area contributed by atoms with Crippen LogP contribution in [0.5, 0.6) is 0 Å². The van der Waals surface area contributed by atoms with E-state index in [1.807, 2.05) is 0 Å². The predicted molar refractivity (Wildman–Crippen MR) is 76.3 cm³/mol. The Bertz CT molecular complexity index is 728. The van der Waals surface area contributed by atoms with Gasteiger partial charge in [0.15, 0.2) is 11.5 Å². The largest absolute Gasteiger partial charge is 0.393 e. The molecule has 122 valence electrons. The molecule has 0 bridgehead atoms. The van der Waals surface area contributed by atoms with Crippen LogP contribution in [-0.2, 0) is 7.05 Å². The van der Waals surface area contributed by atoms with E-state index in [9.17, 15) is 18.7 Å². The van der Waals surface area contributed by atoms with E-state index in [4.69, 9.17) is 0 Å². The number of halogens is 2. The minimum absolute atomic E-state index is 0.0293. The summed E-state index contributed by atoms with van der Waals surface area (Å²) in [5, 5.41) is 16.3. The van der Waals surface area contributed by atoms with E-state index < -0.39 is 35.4 Å². The van der Waals surface area contributed by atoms with Gasteiger partial charge in [0.2, 0.25) is 0 Å². The smallest absolute Gasteiger partial charge is 0.273 e. The molecule has 2 heterocycles. The van der Waals surface area contributed by atoms with Crippen molar-refractivity contribution in [1.82, 2.24) is 20.1 Å². The number of rotatable bonds is 4. The third-order valence-electron chi connectivity index (χ3n) is 4.01. The number of aromatic nitrogens is 3. The molecule has 0 spiro atoms. The van der Waals surface area contributed by atoms with Crippen molar-refractivity contribution in [2.75, 3.05) is 0 Å². The second-order valence-electron chi connectivity index (χ2n) is 5.77. The molecule has 1 unspecified atom stereocenters. The molecule has 23 heavy (non-hydrogen) atoms. The van der Waals surface area contributed by atoms with Gasteiger partial charge in [-0.1, -0.05) is 0 Å². The Labute approximate surface area is 131 Å². The van der Waals surface area contributed by atoms with Crippen LogP contribution in [0.15, 0.2) is 24.7 Å². The highest BCUT2D eigenvalue weighted by atomic mass is 19.1. The maximum Gasteiger partial charge on any atom is 0.273 e. The Hall–Kier alpha value is -2.35. The molecule has 6 nitrogen and oxygen atoms in total. The number of aryl methyl sites for hydroxylation is 1. The molecule has 2 aromatic rings.